The maximum absolute atomic E-state index is 12.3. The van der Waals surface area contributed by atoms with E-state index in [1.807, 2.05) is 0 Å². The maximum Gasteiger partial charge on any atom is 0.359 e. The summed E-state index contributed by atoms with van der Waals surface area (Å²) < 4.78 is 6.90. The molecule has 0 aromatic carbocycles. The molecule has 21 heavy (non-hydrogen) atoms. The van der Waals surface area contributed by atoms with Gasteiger partial charge in [0.2, 0.25) is 0 Å². The molecule has 114 valence electrons. The van der Waals surface area contributed by atoms with Crippen molar-refractivity contribution in [3.63, 3.8) is 0 Å². The second kappa shape index (κ2) is 4.42. The zero-order valence-corrected chi connectivity index (χ0v) is 13.0. The summed E-state index contributed by atoms with van der Waals surface area (Å²) in [6, 6.07) is 2.78. The molecule has 3 atom stereocenters. The lowest BCUT2D eigenvalue weighted by Crippen LogP contribution is -2.38. The van der Waals surface area contributed by atoms with Crippen molar-refractivity contribution in [2.24, 2.45) is 23.8 Å². The average Bonchev–Trinajstić information content (AvgIpc) is 2.75. The Labute approximate surface area is 124 Å². The highest BCUT2D eigenvalue weighted by Crippen LogP contribution is 2.66. The first-order valence-corrected chi connectivity index (χ1v) is 7.51. The van der Waals surface area contributed by atoms with Crippen LogP contribution in [-0.2, 0) is 11.8 Å². The molecule has 2 bridgehead atoms. The SMILES string of the molecule is Cn1nc(C(=O)OC2CC3CCC2(C)C3(C)C)ccc1=O. The van der Waals surface area contributed by atoms with Crippen LogP contribution in [0.1, 0.15) is 50.5 Å². The molecule has 1 aromatic rings. The molecular formula is C16H22N2O3. The van der Waals surface area contributed by atoms with Crippen molar-refractivity contribution in [1.29, 1.82) is 0 Å². The number of hydrogen-bond donors (Lipinski definition) is 0. The molecular weight excluding hydrogens is 268 g/mol. The molecule has 1 aromatic heterocycles. The summed E-state index contributed by atoms with van der Waals surface area (Å²) in [6.07, 6.45) is 3.19. The van der Waals surface area contributed by atoms with Crippen molar-refractivity contribution in [3.05, 3.63) is 28.2 Å². The fourth-order valence-electron chi connectivity index (χ4n) is 4.11. The highest BCUT2D eigenvalue weighted by molar-refractivity contribution is 5.87. The van der Waals surface area contributed by atoms with Gasteiger partial charge < -0.3 is 4.74 Å². The summed E-state index contributed by atoms with van der Waals surface area (Å²) in [7, 11) is 1.53. The van der Waals surface area contributed by atoms with Gasteiger partial charge in [0.05, 0.1) is 0 Å². The van der Waals surface area contributed by atoms with E-state index in [1.54, 1.807) is 0 Å². The van der Waals surface area contributed by atoms with E-state index in [0.717, 1.165) is 17.5 Å². The van der Waals surface area contributed by atoms with Crippen molar-refractivity contribution < 1.29 is 9.53 Å². The standard InChI is InChI=1S/C16H22N2O3/c1-15(2)10-7-8-16(15,3)12(9-10)21-14(20)11-5-6-13(19)18(4)17-11/h5-6,10,12H,7-9H2,1-4H3. The predicted molar refractivity (Wildman–Crippen MR) is 77.9 cm³/mol. The van der Waals surface area contributed by atoms with Crippen LogP contribution in [0.5, 0.6) is 0 Å². The molecule has 0 amide bonds. The summed E-state index contributed by atoms with van der Waals surface area (Å²) in [4.78, 5) is 23.6. The van der Waals surface area contributed by atoms with Crippen LogP contribution in [0.4, 0.5) is 0 Å². The third-order valence-electron chi connectivity index (χ3n) is 6.13. The second-order valence-corrected chi connectivity index (χ2v) is 7.18. The Bertz CT molecular complexity index is 649. The first-order valence-electron chi connectivity index (χ1n) is 7.51. The average molecular weight is 290 g/mol. The third-order valence-corrected chi connectivity index (χ3v) is 6.13. The van der Waals surface area contributed by atoms with Crippen molar-refractivity contribution in [1.82, 2.24) is 9.78 Å². The number of nitrogens with zero attached hydrogens (tertiary/aromatic N) is 2. The quantitative estimate of drug-likeness (QED) is 0.783. The van der Waals surface area contributed by atoms with Gasteiger partial charge in [0, 0.05) is 18.5 Å². The summed E-state index contributed by atoms with van der Waals surface area (Å²) in [5.41, 5.74) is 0.198. The molecule has 3 rings (SSSR count). The number of rotatable bonds is 2. The Morgan fingerprint density at radius 1 is 1.38 bits per heavy atom. The fraction of sp³-hybridized carbons (Fsp3) is 0.688. The number of hydrogen-bond acceptors (Lipinski definition) is 4. The highest BCUT2D eigenvalue weighted by atomic mass is 16.5. The predicted octanol–water partition coefficient (Wildman–Crippen LogP) is 2.15. The van der Waals surface area contributed by atoms with Crippen LogP contribution in [0, 0.1) is 16.7 Å². The minimum absolute atomic E-state index is 0.0357. The molecule has 0 saturated heterocycles. The number of ether oxygens (including phenoxy) is 1. The van der Waals surface area contributed by atoms with Gasteiger partial charge >= 0.3 is 5.97 Å². The van der Waals surface area contributed by atoms with E-state index in [9.17, 15) is 9.59 Å². The van der Waals surface area contributed by atoms with Gasteiger partial charge in [-0.05, 0) is 36.7 Å². The van der Waals surface area contributed by atoms with Crippen LogP contribution in [0.15, 0.2) is 16.9 Å². The van der Waals surface area contributed by atoms with E-state index in [1.165, 1.54) is 25.6 Å². The molecule has 2 aliphatic rings. The molecule has 5 heteroatoms. The molecule has 0 N–H and O–H groups in total. The summed E-state index contributed by atoms with van der Waals surface area (Å²) >= 11 is 0. The minimum Gasteiger partial charge on any atom is -0.457 e. The van der Waals surface area contributed by atoms with Crippen molar-refractivity contribution >= 4 is 5.97 Å². The molecule has 2 fully saturated rings. The Balaban J connectivity index is 1.80. The van der Waals surface area contributed by atoms with E-state index in [-0.39, 0.29) is 28.2 Å². The van der Waals surface area contributed by atoms with Crippen molar-refractivity contribution in [2.75, 3.05) is 0 Å². The Morgan fingerprint density at radius 3 is 2.62 bits per heavy atom. The fourth-order valence-corrected chi connectivity index (χ4v) is 4.11. The van der Waals surface area contributed by atoms with Crippen LogP contribution in [0.25, 0.3) is 0 Å². The van der Waals surface area contributed by atoms with Crippen LogP contribution >= 0.6 is 0 Å². The van der Waals surface area contributed by atoms with Gasteiger partial charge in [-0.2, -0.15) is 5.10 Å². The molecule has 0 radical (unpaired) electrons. The molecule has 2 aliphatic carbocycles. The van der Waals surface area contributed by atoms with Gasteiger partial charge in [-0.1, -0.05) is 20.8 Å². The monoisotopic (exact) mass is 290 g/mol. The normalized spacial score (nSPS) is 33.1. The van der Waals surface area contributed by atoms with Crippen LogP contribution < -0.4 is 5.56 Å². The van der Waals surface area contributed by atoms with Gasteiger partial charge in [-0.3, -0.25) is 4.79 Å². The summed E-state index contributed by atoms with van der Waals surface area (Å²) in [5.74, 6) is 0.188. The van der Waals surface area contributed by atoms with E-state index in [0.29, 0.717) is 5.92 Å². The van der Waals surface area contributed by atoms with E-state index < -0.39 is 5.97 Å². The zero-order chi connectivity index (χ0) is 15.4. The lowest BCUT2D eigenvalue weighted by molar-refractivity contribution is -0.0248. The molecule has 3 unspecified atom stereocenters. The van der Waals surface area contributed by atoms with E-state index in [4.69, 9.17) is 4.74 Å². The number of fused-ring (bicyclic) bond motifs is 2. The van der Waals surface area contributed by atoms with Crippen molar-refractivity contribution in [2.45, 2.75) is 46.1 Å². The second-order valence-electron chi connectivity index (χ2n) is 7.18. The molecule has 5 nitrogen and oxygen atoms in total. The summed E-state index contributed by atoms with van der Waals surface area (Å²) in [6.45, 7) is 6.79. The number of carbonyl (C=O) groups excluding carboxylic acids is 1. The molecule has 2 saturated carbocycles. The van der Waals surface area contributed by atoms with Gasteiger partial charge in [0.15, 0.2) is 5.69 Å². The van der Waals surface area contributed by atoms with Crippen LogP contribution in [0.3, 0.4) is 0 Å². The van der Waals surface area contributed by atoms with Gasteiger partial charge in [-0.15, -0.1) is 0 Å². The first-order chi connectivity index (χ1) is 9.75. The Morgan fingerprint density at radius 2 is 2.10 bits per heavy atom. The molecule has 1 heterocycles. The van der Waals surface area contributed by atoms with E-state index >= 15 is 0 Å². The minimum atomic E-state index is -0.430. The lowest BCUT2D eigenvalue weighted by atomic mass is 9.70. The Hall–Kier alpha value is -1.65. The van der Waals surface area contributed by atoms with Gasteiger partial charge in [-0.25, -0.2) is 9.48 Å². The number of carbonyl (C=O) groups is 1. The lowest BCUT2D eigenvalue weighted by Gasteiger charge is -2.38. The van der Waals surface area contributed by atoms with Crippen LogP contribution in [-0.4, -0.2) is 21.9 Å². The first kappa shape index (κ1) is 14.3. The number of aryl methyl sites for hydroxylation is 1. The summed E-state index contributed by atoms with van der Waals surface area (Å²) in [5, 5.41) is 3.97. The van der Waals surface area contributed by atoms with Gasteiger partial charge in [0.25, 0.3) is 5.56 Å². The number of esters is 1. The largest absolute Gasteiger partial charge is 0.457 e. The van der Waals surface area contributed by atoms with Crippen LogP contribution in [0.2, 0.25) is 0 Å². The molecule has 0 spiro atoms. The van der Waals surface area contributed by atoms with E-state index in [2.05, 4.69) is 25.9 Å². The highest BCUT2D eigenvalue weighted by Gasteiger charge is 2.62. The zero-order valence-electron chi connectivity index (χ0n) is 13.0. The third kappa shape index (κ3) is 1.93. The van der Waals surface area contributed by atoms with Crippen molar-refractivity contribution in [3.8, 4) is 0 Å². The smallest absolute Gasteiger partial charge is 0.359 e. The van der Waals surface area contributed by atoms with Gasteiger partial charge in [0.1, 0.15) is 6.10 Å². The maximum atomic E-state index is 12.3. The number of aromatic nitrogens is 2. The Kier molecular flexibility index (Phi) is 3.01. The topological polar surface area (TPSA) is 61.2 Å². The molecule has 0 aliphatic heterocycles.